The summed E-state index contributed by atoms with van der Waals surface area (Å²) < 4.78 is 25.8. The molecule has 2 rings (SSSR count). The summed E-state index contributed by atoms with van der Waals surface area (Å²) in [6.07, 6.45) is 0.726. The predicted octanol–water partition coefficient (Wildman–Crippen LogP) is 1.14. The van der Waals surface area contributed by atoms with E-state index in [0.29, 0.717) is 13.1 Å². The van der Waals surface area contributed by atoms with Gasteiger partial charge in [0.2, 0.25) is 0 Å². The molecule has 0 saturated carbocycles. The highest BCUT2D eigenvalue weighted by Crippen LogP contribution is 2.14. The normalized spacial score (nSPS) is 20.2. The fraction of sp³-hybridized carbons (Fsp3) is 0.364. The van der Waals surface area contributed by atoms with Crippen molar-refractivity contribution in [2.24, 2.45) is 5.73 Å². The molecule has 0 radical (unpaired) electrons. The van der Waals surface area contributed by atoms with Gasteiger partial charge in [0.15, 0.2) is 0 Å². The lowest BCUT2D eigenvalue weighted by Crippen LogP contribution is -2.32. The van der Waals surface area contributed by atoms with Gasteiger partial charge < -0.3 is 10.6 Å². The molecule has 3 nitrogen and oxygen atoms in total. The van der Waals surface area contributed by atoms with Crippen LogP contribution in [0.25, 0.3) is 0 Å². The molecule has 1 aromatic rings. The van der Waals surface area contributed by atoms with Crippen LogP contribution in [-0.4, -0.2) is 29.9 Å². The van der Waals surface area contributed by atoms with Crippen molar-refractivity contribution in [3.05, 3.63) is 35.4 Å². The number of carbonyl (C=O) groups is 1. The van der Waals surface area contributed by atoms with Crippen LogP contribution < -0.4 is 5.73 Å². The first-order chi connectivity index (χ1) is 7.56. The monoisotopic (exact) mass is 226 g/mol. The van der Waals surface area contributed by atoms with Gasteiger partial charge in [-0.15, -0.1) is 0 Å². The highest BCUT2D eigenvalue weighted by Gasteiger charge is 2.24. The quantitative estimate of drug-likeness (QED) is 0.780. The number of carbonyl (C=O) groups excluding carboxylic acids is 1. The number of benzene rings is 1. The van der Waals surface area contributed by atoms with Crippen molar-refractivity contribution in [3.63, 3.8) is 0 Å². The van der Waals surface area contributed by atoms with Gasteiger partial charge in [0.1, 0.15) is 11.6 Å². The fourth-order valence-electron chi connectivity index (χ4n) is 1.83. The predicted molar refractivity (Wildman–Crippen MR) is 54.9 cm³/mol. The van der Waals surface area contributed by atoms with E-state index in [-0.39, 0.29) is 17.5 Å². The van der Waals surface area contributed by atoms with Gasteiger partial charge >= 0.3 is 0 Å². The Morgan fingerprint density at radius 1 is 1.31 bits per heavy atom. The maximum atomic E-state index is 12.9. The summed E-state index contributed by atoms with van der Waals surface area (Å²) in [5.74, 6) is -1.86. The first kappa shape index (κ1) is 11.0. The summed E-state index contributed by atoms with van der Waals surface area (Å²) >= 11 is 0. The molecule has 1 aromatic carbocycles. The van der Waals surface area contributed by atoms with E-state index in [1.807, 2.05) is 0 Å². The molecule has 2 N–H and O–H groups in total. The average molecular weight is 226 g/mol. The maximum absolute atomic E-state index is 12.9. The molecule has 1 atom stereocenters. The average Bonchev–Trinajstić information content (AvgIpc) is 2.62. The second-order valence-electron chi connectivity index (χ2n) is 3.96. The Balaban J connectivity index is 2.20. The lowest BCUT2D eigenvalue weighted by atomic mass is 10.2. The third kappa shape index (κ3) is 2.19. The second kappa shape index (κ2) is 4.17. The van der Waals surface area contributed by atoms with Crippen molar-refractivity contribution in [2.45, 2.75) is 12.5 Å². The smallest absolute Gasteiger partial charge is 0.254 e. The fourth-order valence-corrected chi connectivity index (χ4v) is 1.83. The van der Waals surface area contributed by atoms with Crippen LogP contribution in [-0.2, 0) is 0 Å². The van der Waals surface area contributed by atoms with Gasteiger partial charge in [-0.3, -0.25) is 4.79 Å². The molecule has 0 aromatic heterocycles. The van der Waals surface area contributed by atoms with Crippen LogP contribution in [0, 0.1) is 11.6 Å². The highest BCUT2D eigenvalue weighted by molar-refractivity contribution is 5.94. The molecular weight excluding hydrogens is 214 g/mol. The number of amides is 1. The van der Waals surface area contributed by atoms with E-state index in [1.54, 1.807) is 0 Å². The van der Waals surface area contributed by atoms with Crippen molar-refractivity contribution in [1.82, 2.24) is 4.90 Å². The Labute approximate surface area is 91.8 Å². The summed E-state index contributed by atoms with van der Waals surface area (Å²) in [7, 11) is 0. The minimum Gasteiger partial charge on any atom is -0.337 e. The van der Waals surface area contributed by atoms with Crippen LogP contribution in [0.1, 0.15) is 16.8 Å². The summed E-state index contributed by atoms with van der Waals surface area (Å²) in [5, 5.41) is 0. The molecule has 1 heterocycles. The van der Waals surface area contributed by atoms with Gasteiger partial charge in [0.05, 0.1) is 0 Å². The van der Waals surface area contributed by atoms with Crippen molar-refractivity contribution >= 4 is 5.91 Å². The Morgan fingerprint density at radius 3 is 2.44 bits per heavy atom. The lowest BCUT2D eigenvalue weighted by Gasteiger charge is -2.15. The van der Waals surface area contributed by atoms with E-state index in [1.165, 1.54) is 4.90 Å². The Bertz CT molecular complexity index is 402. The second-order valence-corrected chi connectivity index (χ2v) is 3.96. The third-order valence-corrected chi connectivity index (χ3v) is 2.62. The van der Waals surface area contributed by atoms with Crippen LogP contribution in [0.5, 0.6) is 0 Å². The van der Waals surface area contributed by atoms with E-state index in [0.717, 1.165) is 24.6 Å². The van der Waals surface area contributed by atoms with Crippen molar-refractivity contribution in [2.75, 3.05) is 13.1 Å². The minimum absolute atomic E-state index is 0.0339. The molecular formula is C11H12F2N2O. The minimum atomic E-state index is -0.744. The molecule has 1 fully saturated rings. The Kier molecular flexibility index (Phi) is 2.87. The van der Waals surface area contributed by atoms with Gasteiger partial charge in [-0.2, -0.15) is 0 Å². The van der Waals surface area contributed by atoms with Gasteiger partial charge in [0.25, 0.3) is 5.91 Å². The van der Waals surface area contributed by atoms with Gasteiger partial charge in [-0.25, -0.2) is 8.78 Å². The largest absolute Gasteiger partial charge is 0.337 e. The molecule has 1 aliphatic heterocycles. The van der Waals surface area contributed by atoms with Crippen molar-refractivity contribution in [3.8, 4) is 0 Å². The van der Waals surface area contributed by atoms with E-state index in [2.05, 4.69) is 0 Å². The SMILES string of the molecule is N[C@H]1CCN(C(=O)c2cc(F)cc(F)c2)C1. The van der Waals surface area contributed by atoms with E-state index in [4.69, 9.17) is 5.73 Å². The van der Waals surface area contributed by atoms with Crippen molar-refractivity contribution in [1.29, 1.82) is 0 Å². The van der Waals surface area contributed by atoms with Crippen LogP contribution in [0.3, 0.4) is 0 Å². The van der Waals surface area contributed by atoms with Gasteiger partial charge in [-0.1, -0.05) is 0 Å². The Hall–Kier alpha value is -1.49. The van der Waals surface area contributed by atoms with Crippen LogP contribution >= 0.6 is 0 Å². The molecule has 0 bridgehead atoms. The van der Waals surface area contributed by atoms with Crippen molar-refractivity contribution < 1.29 is 13.6 Å². The number of nitrogens with two attached hydrogens (primary N) is 1. The zero-order chi connectivity index (χ0) is 11.7. The third-order valence-electron chi connectivity index (χ3n) is 2.62. The maximum Gasteiger partial charge on any atom is 0.254 e. The first-order valence-corrected chi connectivity index (χ1v) is 5.07. The molecule has 0 aliphatic carbocycles. The number of hydrogen-bond acceptors (Lipinski definition) is 2. The summed E-state index contributed by atoms with van der Waals surface area (Å²) in [4.78, 5) is 13.3. The molecule has 1 aliphatic rings. The molecule has 86 valence electrons. The van der Waals surface area contributed by atoms with Crippen LogP contribution in [0.15, 0.2) is 18.2 Å². The summed E-state index contributed by atoms with van der Waals surface area (Å²) in [6, 6.07) is 2.78. The molecule has 0 spiro atoms. The number of halogens is 2. The van der Waals surface area contributed by atoms with Gasteiger partial charge in [-0.05, 0) is 18.6 Å². The molecule has 1 amide bonds. The molecule has 16 heavy (non-hydrogen) atoms. The Morgan fingerprint density at radius 2 is 1.94 bits per heavy atom. The number of likely N-dealkylation sites (tertiary alicyclic amines) is 1. The lowest BCUT2D eigenvalue weighted by molar-refractivity contribution is 0.0790. The molecule has 0 unspecified atom stereocenters. The van der Waals surface area contributed by atoms with E-state index in [9.17, 15) is 13.6 Å². The number of hydrogen-bond donors (Lipinski definition) is 1. The van der Waals surface area contributed by atoms with E-state index >= 15 is 0 Å². The number of nitrogens with zero attached hydrogens (tertiary/aromatic N) is 1. The van der Waals surface area contributed by atoms with Crippen LogP contribution in [0.4, 0.5) is 8.78 Å². The first-order valence-electron chi connectivity index (χ1n) is 5.07. The highest BCUT2D eigenvalue weighted by atomic mass is 19.1. The van der Waals surface area contributed by atoms with Gasteiger partial charge in [0, 0.05) is 30.8 Å². The zero-order valence-electron chi connectivity index (χ0n) is 8.62. The van der Waals surface area contributed by atoms with Crippen LogP contribution in [0.2, 0.25) is 0 Å². The zero-order valence-corrected chi connectivity index (χ0v) is 8.62. The topological polar surface area (TPSA) is 46.3 Å². The molecule has 5 heteroatoms. The summed E-state index contributed by atoms with van der Waals surface area (Å²) in [6.45, 7) is 0.981. The molecule has 1 saturated heterocycles. The standard InChI is InChI=1S/C11H12F2N2O/c12-8-3-7(4-9(13)5-8)11(16)15-2-1-10(14)6-15/h3-5,10H,1-2,6,14H2/t10-/m0/s1. The van der Waals surface area contributed by atoms with E-state index < -0.39 is 11.6 Å². The number of rotatable bonds is 1. The summed E-state index contributed by atoms with van der Waals surface area (Å²) in [5.41, 5.74) is 5.69.